The van der Waals surface area contributed by atoms with Gasteiger partial charge in [-0.25, -0.2) is 13.2 Å². The number of nitrogens with one attached hydrogen (secondary N) is 1. The zero-order valence-electron chi connectivity index (χ0n) is 15.7. The van der Waals surface area contributed by atoms with E-state index in [1.54, 1.807) is 13.0 Å². The maximum absolute atomic E-state index is 13.0. The Hall–Kier alpha value is -3.23. The second kappa shape index (κ2) is 6.40. The number of sulfonamides is 1. The Morgan fingerprint density at radius 1 is 1.31 bits per heavy atom. The molecule has 0 spiro atoms. The Labute approximate surface area is 165 Å². The lowest BCUT2D eigenvalue weighted by atomic mass is 10.2. The lowest BCUT2D eigenvalue weighted by Crippen LogP contribution is -2.39. The molecule has 0 radical (unpaired) electrons. The molecule has 11 heteroatoms. The fourth-order valence-corrected chi connectivity index (χ4v) is 4.53. The number of hydrogen-bond donors (Lipinski definition) is 1. The zero-order chi connectivity index (χ0) is 21.0. The Morgan fingerprint density at radius 3 is 2.62 bits per heavy atom. The molecule has 1 fully saturated rings. The molecule has 1 N–H and O–H groups in total. The highest BCUT2D eigenvalue weighted by Gasteiger charge is 2.46. The van der Waals surface area contributed by atoms with E-state index in [1.165, 1.54) is 29.8 Å². The van der Waals surface area contributed by atoms with Gasteiger partial charge in [0.15, 0.2) is 5.76 Å². The summed E-state index contributed by atoms with van der Waals surface area (Å²) in [5.74, 6) is 0.330. The number of aromatic nitrogens is 3. The molecular weight excluding hydrogens is 398 g/mol. The number of nitriles is 1. The summed E-state index contributed by atoms with van der Waals surface area (Å²) in [5.41, 5.74) is -1.38. The van der Waals surface area contributed by atoms with Gasteiger partial charge in [0, 0.05) is 13.1 Å². The third-order valence-electron chi connectivity index (χ3n) is 4.92. The van der Waals surface area contributed by atoms with Crippen LogP contribution in [0.1, 0.15) is 24.3 Å². The van der Waals surface area contributed by atoms with Crippen LogP contribution in [0.4, 0.5) is 0 Å². The summed E-state index contributed by atoms with van der Waals surface area (Å²) in [6.07, 6.45) is 0.877. The minimum atomic E-state index is -4.00. The molecule has 10 nitrogen and oxygen atoms in total. The Balaban J connectivity index is 1.85. The minimum absolute atomic E-state index is 0.0630. The van der Waals surface area contributed by atoms with Crippen LogP contribution in [-0.4, -0.2) is 28.2 Å². The summed E-state index contributed by atoms with van der Waals surface area (Å²) < 4.78 is 35.0. The summed E-state index contributed by atoms with van der Waals surface area (Å²) in [4.78, 5) is 25.4. The van der Waals surface area contributed by atoms with Crippen LogP contribution in [0.3, 0.4) is 0 Å². The van der Waals surface area contributed by atoms with Gasteiger partial charge in [-0.15, -0.1) is 0 Å². The lowest BCUT2D eigenvalue weighted by Gasteiger charge is -2.13. The van der Waals surface area contributed by atoms with Gasteiger partial charge in [0.25, 0.3) is 5.56 Å². The highest BCUT2D eigenvalue weighted by molar-refractivity contribution is 7.89. The van der Waals surface area contributed by atoms with Crippen molar-refractivity contribution < 1.29 is 12.9 Å². The second-order valence-electron chi connectivity index (χ2n) is 7.15. The monoisotopic (exact) mass is 415 g/mol. The van der Waals surface area contributed by atoms with E-state index in [4.69, 9.17) is 9.78 Å². The molecule has 0 amide bonds. The van der Waals surface area contributed by atoms with Crippen molar-refractivity contribution in [2.45, 2.75) is 36.7 Å². The first-order valence-electron chi connectivity index (χ1n) is 8.77. The summed E-state index contributed by atoms with van der Waals surface area (Å²) in [7, 11) is -2.51. The number of aryl methyl sites for hydroxylation is 2. The molecule has 3 aromatic rings. The molecule has 0 saturated heterocycles. The van der Waals surface area contributed by atoms with Crippen molar-refractivity contribution in [2.75, 3.05) is 0 Å². The molecule has 0 atom stereocenters. The molecule has 0 aliphatic heterocycles. The van der Waals surface area contributed by atoms with E-state index in [0.29, 0.717) is 29.8 Å². The van der Waals surface area contributed by atoms with Gasteiger partial charge >= 0.3 is 5.69 Å². The molecule has 1 aliphatic rings. The normalized spacial score (nSPS) is 15.3. The Morgan fingerprint density at radius 2 is 2.03 bits per heavy atom. The van der Waals surface area contributed by atoms with E-state index in [-0.39, 0.29) is 16.8 Å². The highest BCUT2D eigenvalue weighted by Crippen LogP contribution is 2.36. The fraction of sp³-hybridized carbons (Fsp3) is 0.333. The average molecular weight is 415 g/mol. The molecule has 2 aromatic heterocycles. The molecule has 29 heavy (non-hydrogen) atoms. The van der Waals surface area contributed by atoms with E-state index in [9.17, 15) is 18.0 Å². The highest BCUT2D eigenvalue weighted by atomic mass is 32.2. The molecule has 4 rings (SSSR count). The Bertz CT molecular complexity index is 1400. The minimum Gasteiger partial charge on any atom is -0.359 e. The van der Waals surface area contributed by atoms with Gasteiger partial charge in [-0.3, -0.25) is 13.9 Å². The molecule has 0 bridgehead atoms. The molecule has 1 saturated carbocycles. The first-order valence-corrected chi connectivity index (χ1v) is 10.3. The molecular formula is C18H17N5O5S. The SMILES string of the molecule is Cc1cc(Cn2c(=O)c3cc(S(=O)(=O)NC4(C#N)CC4)ccc3n(C)c2=O)on1. The van der Waals surface area contributed by atoms with Crippen LogP contribution in [0.25, 0.3) is 10.9 Å². The van der Waals surface area contributed by atoms with Gasteiger partial charge < -0.3 is 4.52 Å². The molecule has 1 aliphatic carbocycles. The number of rotatable bonds is 5. The summed E-state index contributed by atoms with van der Waals surface area (Å²) in [6.45, 7) is 1.58. The standard InChI is InChI=1S/C18H17N5O5S/c1-11-7-12(28-20-11)9-23-16(24)14-8-13(3-4-15(14)22(2)17(23)25)29(26,27)21-18(10-19)5-6-18/h3-4,7-8,21H,5-6,9H2,1-2H3. The molecule has 0 unspecified atom stereocenters. The van der Waals surface area contributed by atoms with E-state index in [1.807, 2.05) is 6.07 Å². The zero-order valence-corrected chi connectivity index (χ0v) is 16.5. The van der Waals surface area contributed by atoms with E-state index >= 15 is 0 Å². The van der Waals surface area contributed by atoms with Crippen molar-refractivity contribution in [1.29, 1.82) is 5.26 Å². The van der Waals surface area contributed by atoms with E-state index in [0.717, 1.165) is 4.57 Å². The van der Waals surface area contributed by atoms with Crippen molar-refractivity contribution in [2.24, 2.45) is 7.05 Å². The van der Waals surface area contributed by atoms with Crippen LogP contribution >= 0.6 is 0 Å². The van der Waals surface area contributed by atoms with Crippen molar-refractivity contribution in [3.63, 3.8) is 0 Å². The van der Waals surface area contributed by atoms with Crippen LogP contribution in [0.5, 0.6) is 0 Å². The summed E-state index contributed by atoms with van der Waals surface area (Å²) >= 11 is 0. The largest absolute Gasteiger partial charge is 0.359 e. The molecule has 2 heterocycles. The second-order valence-corrected chi connectivity index (χ2v) is 8.83. The smallest absolute Gasteiger partial charge is 0.331 e. The quantitative estimate of drug-likeness (QED) is 0.635. The van der Waals surface area contributed by atoms with Crippen molar-refractivity contribution in [1.82, 2.24) is 19.0 Å². The van der Waals surface area contributed by atoms with Crippen LogP contribution in [0.15, 0.2) is 43.3 Å². The van der Waals surface area contributed by atoms with Crippen LogP contribution in [-0.2, 0) is 23.6 Å². The predicted molar refractivity (Wildman–Crippen MR) is 102 cm³/mol. The van der Waals surface area contributed by atoms with Crippen LogP contribution in [0, 0.1) is 18.3 Å². The third kappa shape index (κ3) is 3.26. The van der Waals surface area contributed by atoms with E-state index < -0.39 is 26.8 Å². The summed E-state index contributed by atoms with van der Waals surface area (Å²) in [5, 5.41) is 12.9. The first-order chi connectivity index (χ1) is 13.7. The molecule has 150 valence electrons. The first kappa shape index (κ1) is 19.1. The number of fused-ring (bicyclic) bond motifs is 1. The van der Waals surface area contributed by atoms with Gasteiger partial charge in [0.05, 0.1) is 34.1 Å². The van der Waals surface area contributed by atoms with E-state index in [2.05, 4.69) is 9.88 Å². The van der Waals surface area contributed by atoms with Crippen molar-refractivity contribution in [3.05, 3.63) is 56.6 Å². The predicted octanol–water partition coefficient (Wildman–Crippen LogP) is 0.379. The summed E-state index contributed by atoms with van der Waals surface area (Å²) in [6, 6.07) is 7.50. The maximum atomic E-state index is 13.0. The maximum Gasteiger partial charge on any atom is 0.331 e. The number of nitrogens with zero attached hydrogens (tertiary/aromatic N) is 4. The van der Waals surface area contributed by atoms with Gasteiger partial charge in [-0.2, -0.15) is 9.98 Å². The van der Waals surface area contributed by atoms with Crippen LogP contribution in [0.2, 0.25) is 0 Å². The van der Waals surface area contributed by atoms with Crippen LogP contribution < -0.4 is 16.0 Å². The number of hydrogen-bond acceptors (Lipinski definition) is 7. The van der Waals surface area contributed by atoms with Gasteiger partial charge in [0.1, 0.15) is 5.54 Å². The van der Waals surface area contributed by atoms with Crippen molar-refractivity contribution >= 4 is 20.9 Å². The fourth-order valence-electron chi connectivity index (χ4n) is 3.13. The lowest BCUT2D eigenvalue weighted by molar-refractivity contribution is 0.369. The Kier molecular flexibility index (Phi) is 4.21. The third-order valence-corrected chi connectivity index (χ3v) is 6.45. The van der Waals surface area contributed by atoms with Gasteiger partial charge in [-0.1, -0.05) is 5.16 Å². The van der Waals surface area contributed by atoms with Gasteiger partial charge in [-0.05, 0) is 38.0 Å². The van der Waals surface area contributed by atoms with Gasteiger partial charge in [0.2, 0.25) is 10.0 Å². The average Bonchev–Trinajstić information content (AvgIpc) is 3.33. The van der Waals surface area contributed by atoms with Crippen molar-refractivity contribution in [3.8, 4) is 6.07 Å². The molecule has 1 aromatic carbocycles. The number of benzene rings is 1. The topological polar surface area (TPSA) is 140 Å².